The van der Waals surface area contributed by atoms with Gasteiger partial charge in [-0.15, -0.1) is 11.8 Å². The van der Waals surface area contributed by atoms with Crippen LogP contribution in [0.5, 0.6) is 0 Å². The van der Waals surface area contributed by atoms with Gasteiger partial charge in [0.25, 0.3) is 0 Å². The van der Waals surface area contributed by atoms with Crippen molar-refractivity contribution in [2.75, 3.05) is 49.1 Å². The first kappa shape index (κ1) is 24.8. The molecule has 0 unspecified atom stereocenters. The van der Waals surface area contributed by atoms with E-state index in [-0.39, 0.29) is 5.82 Å². The Kier molecular flexibility index (Phi) is 8.14. The van der Waals surface area contributed by atoms with Gasteiger partial charge in [-0.3, -0.25) is 4.72 Å². The van der Waals surface area contributed by atoms with E-state index in [1.54, 1.807) is 18.3 Å². The number of hydrogen-bond donors (Lipinski definition) is 1. The number of likely N-dealkylation sites (N-methyl/N-ethyl adjacent to an activating group) is 1. The normalized spacial score (nSPS) is 14.9. The zero-order valence-corrected chi connectivity index (χ0v) is 20.6. The van der Waals surface area contributed by atoms with Gasteiger partial charge in [-0.25, -0.2) is 18.4 Å². The van der Waals surface area contributed by atoms with E-state index in [0.717, 1.165) is 50.0 Å². The fourth-order valence-electron chi connectivity index (χ4n) is 3.69. The summed E-state index contributed by atoms with van der Waals surface area (Å²) in [4.78, 5) is 13.4. The quantitative estimate of drug-likeness (QED) is 0.589. The predicted molar refractivity (Wildman–Crippen MR) is 130 cm³/mol. The Bertz CT molecular complexity index is 1190. The molecule has 9 nitrogen and oxygen atoms in total. The molecule has 2 aromatic heterocycles. The van der Waals surface area contributed by atoms with Gasteiger partial charge >= 0.3 is 0 Å². The van der Waals surface area contributed by atoms with Gasteiger partial charge in [0.15, 0.2) is 0 Å². The van der Waals surface area contributed by atoms with Gasteiger partial charge in [0.1, 0.15) is 28.8 Å². The number of thioether (sulfide) groups is 1. The molecular formula is C22H27N7O2S2. The molecular weight excluding hydrogens is 458 g/mol. The largest absolute Gasteiger partial charge is 0.354 e. The van der Waals surface area contributed by atoms with E-state index in [2.05, 4.69) is 38.7 Å². The van der Waals surface area contributed by atoms with Crippen LogP contribution in [0.15, 0.2) is 23.4 Å². The second kappa shape index (κ2) is 10.8. The zero-order valence-electron chi connectivity index (χ0n) is 19.0. The van der Waals surface area contributed by atoms with Crippen LogP contribution in [0.2, 0.25) is 0 Å². The van der Waals surface area contributed by atoms with Crippen LogP contribution in [-0.2, 0) is 22.2 Å². The van der Waals surface area contributed by atoms with Gasteiger partial charge in [-0.2, -0.15) is 10.5 Å². The van der Waals surface area contributed by atoms with Gasteiger partial charge < -0.3 is 9.80 Å². The van der Waals surface area contributed by atoms with Crippen LogP contribution in [0.3, 0.4) is 0 Å². The molecule has 0 aromatic carbocycles. The average Bonchev–Trinajstić information content (AvgIpc) is 3.00. The summed E-state index contributed by atoms with van der Waals surface area (Å²) < 4.78 is 25.1. The van der Waals surface area contributed by atoms with E-state index >= 15 is 0 Å². The van der Waals surface area contributed by atoms with Gasteiger partial charge in [0.2, 0.25) is 10.0 Å². The number of pyridine rings is 2. The molecule has 174 valence electrons. The van der Waals surface area contributed by atoms with E-state index in [1.165, 1.54) is 11.8 Å². The third-order valence-electron chi connectivity index (χ3n) is 5.33. The first-order valence-corrected chi connectivity index (χ1v) is 13.5. The van der Waals surface area contributed by atoms with E-state index < -0.39 is 10.0 Å². The topological polar surface area (TPSA) is 126 Å². The van der Waals surface area contributed by atoms with Crippen LogP contribution in [0.1, 0.15) is 35.6 Å². The fraction of sp³-hybridized carbons (Fsp3) is 0.455. The van der Waals surface area contributed by atoms with E-state index in [0.29, 0.717) is 34.1 Å². The Morgan fingerprint density at radius 3 is 2.52 bits per heavy atom. The standard InChI is InChI=1S/C22H27N7O2S2/c1-4-17-18(12-23)21(29-9-5-8-28(2)10-11-29)26-22(19(17)13-24)32-15-16-6-7-20(25-14-16)27-33(3,30)31/h6-7,14H,4-5,8-11,15H2,1-3H3,(H,25,27). The van der Waals surface area contributed by atoms with Crippen molar-refractivity contribution in [2.45, 2.75) is 30.5 Å². The molecule has 1 aliphatic heterocycles. The highest BCUT2D eigenvalue weighted by Gasteiger charge is 2.24. The van der Waals surface area contributed by atoms with E-state index in [1.807, 2.05) is 6.92 Å². The number of rotatable bonds is 7. The molecule has 0 amide bonds. The number of nitriles is 2. The molecule has 0 radical (unpaired) electrons. The van der Waals surface area contributed by atoms with Gasteiger partial charge in [-0.05, 0) is 43.6 Å². The maximum Gasteiger partial charge on any atom is 0.230 e. The van der Waals surface area contributed by atoms with Crippen molar-refractivity contribution in [3.05, 3.63) is 40.6 Å². The molecule has 0 aliphatic carbocycles. The number of nitrogens with one attached hydrogen (secondary N) is 1. The lowest BCUT2D eigenvalue weighted by Crippen LogP contribution is -2.30. The molecule has 0 atom stereocenters. The lowest BCUT2D eigenvalue weighted by molar-refractivity contribution is 0.360. The number of sulfonamides is 1. The van der Waals surface area contributed by atoms with Crippen molar-refractivity contribution >= 4 is 33.4 Å². The lowest BCUT2D eigenvalue weighted by Gasteiger charge is -2.25. The van der Waals surface area contributed by atoms with Crippen molar-refractivity contribution in [1.29, 1.82) is 10.5 Å². The van der Waals surface area contributed by atoms with Crippen molar-refractivity contribution in [3.8, 4) is 12.1 Å². The fourth-order valence-corrected chi connectivity index (χ4v) is 5.13. The van der Waals surface area contributed by atoms with Crippen LogP contribution in [0.25, 0.3) is 0 Å². The first-order chi connectivity index (χ1) is 15.8. The third kappa shape index (κ3) is 6.35. The minimum Gasteiger partial charge on any atom is -0.354 e. The van der Waals surface area contributed by atoms with E-state index in [4.69, 9.17) is 4.98 Å². The monoisotopic (exact) mass is 485 g/mol. The maximum absolute atomic E-state index is 11.4. The Morgan fingerprint density at radius 2 is 1.91 bits per heavy atom. The molecule has 1 aliphatic rings. The molecule has 2 aromatic rings. The third-order valence-corrected chi connectivity index (χ3v) is 6.96. The summed E-state index contributed by atoms with van der Waals surface area (Å²) in [5.41, 5.74) is 2.53. The Hall–Kier alpha value is -2.86. The molecule has 33 heavy (non-hydrogen) atoms. The molecule has 11 heteroatoms. The molecule has 1 saturated heterocycles. The van der Waals surface area contributed by atoms with Crippen LogP contribution < -0.4 is 9.62 Å². The van der Waals surface area contributed by atoms with Crippen LogP contribution in [0, 0.1) is 22.7 Å². The minimum absolute atomic E-state index is 0.252. The maximum atomic E-state index is 11.4. The van der Waals surface area contributed by atoms with Crippen LogP contribution in [0.4, 0.5) is 11.6 Å². The van der Waals surface area contributed by atoms with Gasteiger partial charge in [0.05, 0.1) is 17.4 Å². The minimum atomic E-state index is -3.39. The Labute approximate surface area is 199 Å². The number of nitrogens with zero attached hydrogens (tertiary/aromatic N) is 6. The highest BCUT2D eigenvalue weighted by atomic mass is 32.2. The zero-order chi connectivity index (χ0) is 24.0. The number of anilines is 2. The van der Waals surface area contributed by atoms with Gasteiger partial charge in [0, 0.05) is 31.6 Å². The predicted octanol–water partition coefficient (Wildman–Crippen LogP) is 2.59. The summed E-state index contributed by atoms with van der Waals surface area (Å²) in [5.74, 6) is 1.41. The van der Waals surface area contributed by atoms with Crippen molar-refractivity contribution in [2.24, 2.45) is 0 Å². The highest BCUT2D eigenvalue weighted by Crippen LogP contribution is 2.33. The number of aromatic nitrogens is 2. The average molecular weight is 486 g/mol. The summed E-state index contributed by atoms with van der Waals surface area (Å²) in [6.07, 6.45) is 4.22. The molecule has 3 heterocycles. The van der Waals surface area contributed by atoms with Crippen LogP contribution in [-0.4, -0.2) is 62.8 Å². The molecule has 0 spiro atoms. The van der Waals surface area contributed by atoms with Gasteiger partial charge in [-0.1, -0.05) is 13.0 Å². The second-order valence-corrected chi connectivity index (χ2v) is 10.6. The number of hydrogen-bond acceptors (Lipinski definition) is 9. The van der Waals surface area contributed by atoms with Crippen molar-refractivity contribution < 1.29 is 8.42 Å². The van der Waals surface area contributed by atoms with Crippen LogP contribution >= 0.6 is 11.8 Å². The Balaban J connectivity index is 1.91. The van der Waals surface area contributed by atoms with Crippen molar-refractivity contribution in [3.63, 3.8) is 0 Å². The Morgan fingerprint density at radius 1 is 1.15 bits per heavy atom. The smallest absolute Gasteiger partial charge is 0.230 e. The summed E-state index contributed by atoms with van der Waals surface area (Å²) >= 11 is 1.42. The first-order valence-electron chi connectivity index (χ1n) is 10.6. The molecule has 3 rings (SSSR count). The molecule has 1 fully saturated rings. The second-order valence-electron chi connectivity index (χ2n) is 7.90. The summed E-state index contributed by atoms with van der Waals surface area (Å²) in [5, 5.41) is 20.4. The highest BCUT2D eigenvalue weighted by molar-refractivity contribution is 7.98. The summed E-state index contributed by atoms with van der Waals surface area (Å²) in [6.45, 7) is 5.41. The summed E-state index contributed by atoms with van der Waals surface area (Å²) in [6, 6.07) is 7.95. The van der Waals surface area contributed by atoms with Crippen molar-refractivity contribution in [1.82, 2.24) is 14.9 Å². The summed E-state index contributed by atoms with van der Waals surface area (Å²) in [7, 11) is -1.30. The van der Waals surface area contributed by atoms with E-state index in [9.17, 15) is 18.9 Å². The SMILES string of the molecule is CCc1c(C#N)c(SCc2ccc(NS(C)(=O)=O)nc2)nc(N2CCCN(C)CC2)c1C#N. The molecule has 0 bridgehead atoms. The lowest BCUT2D eigenvalue weighted by atomic mass is 10.0. The molecule has 0 saturated carbocycles. The molecule has 1 N–H and O–H groups in total.